The zero-order valence-corrected chi connectivity index (χ0v) is 28.7. The van der Waals surface area contributed by atoms with Crippen LogP contribution in [0.2, 0.25) is 0 Å². The van der Waals surface area contributed by atoms with Crippen LogP contribution in [-0.4, -0.2) is 115 Å². The molecule has 1 aromatic heterocycles. The highest BCUT2D eigenvalue weighted by molar-refractivity contribution is 6.00. The molecular weight excluding hydrogens is 574 g/mol. The fourth-order valence-corrected chi connectivity index (χ4v) is 6.60. The Labute approximate surface area is 269 Å². The van der Waals surface area contributed by atoms with E-state index >= 15 is 0 Å². The number of nitrogens with zero attached hydrogens (tertiary/aromatic N) is 4. The monoisotopic (exact) mass is 629 g/mol. The van der Waals surface area contributed by atoms with Gasteiger partial charge in [-0.3, -0.25) is 14.6 Å². The molecule has 1 saturated carbocycles. The molecular formula is C34H55N5O6. The molecule has 3 fully saturated rings. The van der Waals surface area contributed by atoms with Crippen LogP contribution in [0.15, 0.2) is 12.3 Å². The quantitative estimate of drug-likeness (QED) is 0.353. The second kappa shape index (κ2) is 14.7. The molecule has 45 heavy (non-hydrogen) atoms. The van der Waals surface area contributed by atoms with Gasteiger partial charge in [-0.25, -0.2) is 4.79 Å². The minimum Gasteiger partial charge on any atom is -0.444 e. The third-order valence-electron chi connectivity index (χ3n) is 8.86. The summed E-state index contributed by atoms with van der Waals surface area (Å²) in [5, 5.41) is 3.47. The van der Waals surface area contributed by atoms with E-state index in [0.29, 0.717) is 71.1 Å². The fourth-order valence-electron chi connectivity index (χ4n) is 6.60. The van der Waals surface area contributed by atoms with Crippen LogP contribution < -0.4 is 5.32 Å². The second-order valence-corrected chi connectivity index (χ2v) is 14.7. The summed E-state index contributed by atoms with van der Waals surface area (Å²) in [5.41, 5.74) is 1.20. The zero-order valence-electron chi connectivity index (χ0n) is 28.7. The Morgan fingerprint density at radius 1 is 1.13 bits per heavy atom. The number of hydrogen-bond donors (Lipinski definition) is 1. The first-order valence-electron chi connectivity index (χ1n) is 16.6. The van der Waals surface area contributed by atoms with Crippen molar-refractivity contribution in [3.63, 3.8) is 0 Å². The van der Waals surface area contributed by atoms with Gasteiger partial charge >= 0.3 is 6.09 Å². The summed E-state index contributed by atoms with van der Waals surface area (Å²) in [7, 11) is 1.68. The molecule has 3 amide bonds. The van der Waals surface area contributed by atoms with Gasteiger partial charge in [-0.15, -0.1) is 0 Å². The maximum absolute atomic E-state index is 14.5. The number of hydrogen-bond acceptors (Lipinski definition) is 8. The number of anilines is 1. The molecule has 3 heterocycles. The first-order valence-corrected chi connectivity index (χ1v) is 16.6. The summed E-state index contributed by atoms with van der Waals surface area (Å²) in [6, 6.07) is 1.88. The van der Waals surface area contributed by atoms with E-state index in [1.807, 2.05) is 36.6 Å². The first kappa shape index (κ1) is 34.9. The molecule has 0 radical (unpaired) electrons. The molecule has 11 nitrogen and oxygen atoms in total. The van der Waals surface area contributed by atoms with E-state index in [-0.39, 0.29) is 41.0 Å². The third-order valence-corrected chi connectivity index (χ3v) is 8.86. The van der Waals surface area contributed by atoms with Gasteiger partial charge in [0.1, 0.15) is 5.60 Å². The summed E-state index contributed by atoms with van der Waals surface area (Å²) in [6.07, 6.45) is 3.46. The Balaban J connectivity index is 1.63. The minimum absolute atomic E-state index is 0.0503. The number of rotatable bonds is 11. The average molecular weight is 630 g/mol. The summed E-state index contributed by atoms with van der Waals surface area (Å²) < 4.78 is 16.5. The number of methoxy groups -OCH3 is 1. The molecule has 2 unspecified atom stereocenters. The third kappa shape index (κ3) is 8.87. The molecule has 1 spiro atoms. The molecule has 2 saturated heterocycles. The minimum atomic E-state index is -0.657. The van der Waals surface area contributed by atoms with Crippen LogP contribution in [0, 0.1) is 17.3 Å². The van der Waals surface area contributed by atoms with Gasteiger partial charge in [0.25, 0.3) is 5.91 Å². The van der Waals surface area contributed by atoms with Crippen LogP contribution in [-0.2, 0) is 19.0 Å². The van der Waals surface area contributed by atoms with Gasteiger partial charge < -0.3 is 34.2 Å². The maximum atomic E-state index is 14.5. The highest BCUT2D eigenvalue weighted by Gasteiger charge is 2.62. The van der Waals surface area contributed by atoms with Gasteiger partial charge in [0.15, 0.2) is 0 Å². The number of aromatic nitrogens is 1. The molecule has 3 atom stereocenters. The fraction of sp³-hybridized carbons (Fsp3) is 0.765. The van der Waals surface area contributed by atoms with Gasteiger partial charge in [-0.1, -0.05) is 27.7 Å². The summed E-state index contributed by atoms with van der Waals surface area (Å²) >= 11 is 0. The topological polar surface area (TPSA) is 114 Å². The molecule has 252 valence electrons. The Kier molecular flexibility index (Phi) is 11.4. The van der Waals surface area contributed by atoms with E-state index in [0.717, 1.165) is 24.2 Å². The highest BCUT2D eigenvalue weighted by atomic mass is 16.6. The molecule has 1 aliphatic carbocycles. The number of piperidine rings is 1. The lowest BCUT2D eigenvalue weighted by Crippen LogP contribution is -2.54. The van der Waals surface area contributed by atoms with Gasteiger partial charge in [-0.05, 0) is 57.9 Å². The Hall–Kier alpha value is -2.92. The predicted octanol–water partition coefficient (Wildman–Crippen LogP) is 4.63. The van der Waals surface area contributed by atoms with Gasteiger partial charge in [0.05, 0.1) is 30.4 Å². The van der Waals surface area contributed by atoms with Crippen molar-refractivity contribution in [3.8, 4) is 0 Å². The van der Waals surface area contributed by atoms with Gasteiger partial charge in [0.2, 0.25) is 5.91 Å². The van der Waals surface area contributed by atoms with E-state index < -0.39 is 11.7 Å². The predicted molar refractivity (Wildman–Crippen MR) is 173 cm³/mol. The Morgan fingerprint density at radius 2 is 1.84 bits per heavy atom. The lowest BCUT2D eigenvalue weighted by atomic mass is 9.84. The lowest BCUT2D eigenvalue weighted by molar-refractivity contribution is -0.142. The second-order valence-electron chi connectivity index (χ2n) is 14.7. The number of morpholine rings is 1. The molecule has 4 rings (SSSR count). The van der Waals surface area contributed by atoms with Crippen molar-refractivity contribution in [3.05, 3.63) is 23.5 Å². The highest BCUT2D eigenvalue weighted by Crippen LogP contribution is 2.57. The number of ether oxygens (including phenoxy) is 3. The molecule has 11 heteroatoms. The molecule has 1 aromatic rings. The van der Waals surface area contributed by atoms with Crippen molar-refractivity contribution in [2.75, 3.05) is 71.5 Å². The van der Waals surface area contributed by atoms with Crippen molar-refractivity contribution in [2.24, 2.45) is 17.3 Å². The van der Waals surface area contributed by atoms with E-state index in [4.69, 9.17) is 14.2 Å². The Morgan fingerprint density at radius 3 is 2.47 bits per heavy atom. The summed E-state index contributed by atoms with van der Waals surface area (Å²) in [6.45, 7) is 18.7. The van der Waals surface area contributed by atoms with Crippen LogP contribution in [0.3, 0.4) is 0 Å². The van der Waals surface area contributed by atoms with Crippen molar-refractivity contribution < 1.29 is 28.6 Å². The standard InChI is InChI=1S/C34H55N5O6/c1-23(2)20-39(31(41)26-19-36-27(24(3)4)16-28(26)35-10-9-13-43-8)29-18-34(29)17-25(30(40)37-11-14-44-15-12-37)21-38(22-34)32(42)45-33(5,6)7/h16,19,23-25,29H,9-15,17-18,20-22H2,1-8H3,(H,35,36)/t25-,29?,34?/m1/s1. The van der Waals surface area contributed by atoms with Gasteiger partial charge in [0, 0.05) is 76.3 Å². The maximum Gasteiger partial charge on any atom is 0.410 e. The van der Waals surface area contributed by atoms with Crippen molar-refractivity contribution in [1.29, 1.82) is 0 Å². The zero-order chi connectivity index (χ0) is 32.9. The molecule has 1 N–H and O–H groups in total. The van der Waals surface area contributed by atoms with E-state index in [1.54, 1.807) is 18.2 Å². The molecule has 0 aromatic carbocycles. The van der Waals surface area contributed by atoms with Crippen LogP contribution >= 0.6 is 0 Å². The normalized spacial score (nSPS) is 23.4. The van der Waals surface area contributed by atoms with Crippen LogP contribution in [0.5, 0.6) is 0 Å². The number of pyridine rings is 1. The number of carbonyl (C=O) groups is 3. The molecule has 2 aliphatic heterocycles. The van der Waals surface area contributed by atoms with Crippen LogP contribution in [0.1, 0.15) is 89.7 Å². The van der Waals surface area contributed by atoms with Crippen LogP contribution in [0.4, 0.5) is 10.5 Å². The van der Waals surface area contributed by atoms with E-state index in [1.165, 1.54) is 0 Å². The average Bonchev–Trinajstić information content (AvgIpc) is 3.67. The number of nitrogens with one attached hydrogen (secondary N) is 1. The van der Waals surface area contributed by atoms with Gasteiger partial charge in [-0.2, -0.15) is 0 Å². The number of likely N-dealkylation sites (tertiary alicyclic amines) is 1. The Bertz CT molecular complexity index is 1190. The van der Waals surface area contributed by atoms with E-state index in [9.17, 15) is 14.4 Å². The van der Waals surface area contributed by atoms with Crippen LogP contribution in [0.25, 0.3) is 0 Å². The SMILES string of the molecule is COCCCNc1cc(C(C)C)ncc1C(=O)N(CC(C)C)C1CC12C[C@@H](C(=O)N1CCOCC1)CN(C(=O)OC(C)(C)C)C2. The summed E-state index contributed by atoms with van der Waals surface area (Å²) in [5.74, 6) is 0.0517. The van der Waals surface area contributed by atoms with Crippen molar-refractivity contribution in [1.82, 2.24) is 19.7 Å². The van der Waals surface area contributed by atoms with Crippen molar-refractivity contribution in [2.45, 2.75) is 85.3 Å². The first-order chi connectivity index (χ1) is 21.2. The lowest BCUT2D eigenvalue weighted by Gasteiger charge is -2.41. The largest absolute Gasteiger partial charge is 0.444 e. The van der Waals surface area contributed by atoms with Crippen molar-refractivity contribution >= 4 is 23.6 Å². The molecule has 0 bridgehead atoms. The summed E-state index contributed by atoms with van der Waals surface area (Å²) in [4.78, 5) is 51.9. The smallest absolute Gasteiger partial charge is 0.410 e. The molecule has 3 aliphatic rings. The number of amides is 3. The van der Waals surface area contributed by atoms with E-state index in [2.05, 4.69) is 38.0 Å². The number of carbonyl (C=O) groups excluding carboxylic acids is 3.